The number of hydrogen-bond acceptors (Lipinski definition) is 6. The first-order valence-electron chi connectivity index (χ1n) is 9.97. The predicted molar refractivity (Wildman–Crippen MR) is 127 cm³/mol. The predicted octanol–water partition coefficient (Wildman–Crippen LogP) is 3.93. The van der Waals surface area contributed by atoms with Gasteiger partial charge >= 0.3 is 0 Å². The second-order valence-corrected chi connectivity index (χ2v) is 7.85. The molecule has 1 aliphatic heterocycles. The van der Waals surface area contributed by atoms with Gasteiger partial charge in [0.15, 0.2) is 5.11 Å². The number of ether oxygens (including phenoxy) is 1. The van der Waals surface area contributed by atoms with Gasteiger partial charge in [-0.25, -0.2) is 0 Å². The number of likely N-dealkylation sites (N-methyl/N-ethyl adjacent to an activating group) is 2. The van der Waals surface area contributed by atoms with Gasteiger partial charge in [-0.1, -0.05) is 42.5 Å². The van der Waals surface area contributed by atoms with Crippen LogP contribution in [0.3, 0.4) is 0 Å². The number of thiocarbonyl (C=S) groups is 1. The molecule has 0 atom stereocenters. The Labute approximate surface area is 194 Å². The third-order valence-electron chi connectivity index (χ3n) is 5.38. The van der Waals surface area contributed by atoms with Crippen LogP contribution in [0.25, 0.3) is 16.8 Å². The number of nitro groups is 1. The highest BCUT2D eigenvalue weighted by atomic mass is 32.1. The van der Waals surface area contributed by atoms with E-state index in [1.54, 1.807) is 18.2 Å². The van der Waals surface area contributed by atoms with E-state index in [-0.39, 0.29) is 23.0 Å². The van der Waals surface area contributed by atoms with Crippen LogP contribution in [0.1, 0.15) is 11.1 Å². The zero-order chi connectivity index (χ0) is 23.7. The van der Waals surface area contributed by atoms with E-state index in [1.165, 1.54) is 42.1 Å². The molecule has 0 aliphatic carbocycles. The Hall–Kier alpha value is -4.11. The molecule has 166 valence electrons. The maximum Gasteiger partial charge on any atom is 0.269 e. The number of nitrogens with zero attached hydrogens (tertiary/aromatic N) is 3. The lowest BCUT2D eigenvalue weighted by Crippen LogP contribution is -2.52. The number of carbonyl (C=O) groups excluding carboxylic acids is 2. The highest BCUT2D eigenvalue weighted by Gasteiger charge is 2.35. The van der Waals surface area contributed by atoms with Crippen molar-refractivity contribution in [2.24, 2.45) is 0 Å². The molecule has 8 nitrogen and oxygen atoms in total. The molecule has 1 fully saturated rings. The van der Waals surface area contributed by atoms with Gasteiger partial charge in [-0.15, -0.1) is 0 Å². The van der Waals surface area contributed by atoms with E-state index in [2.05, 4.69) is 0 Å². The molecule has 33 heavy (non-hydrogen) atoms. The zero-order valence-electron chi connectivity index (χ0n) is 17.8. The normalized spacial score (nSPS) is 14.1. The van der Waals surface area contributed by atoms with Crippen molar-refractivity contribution in [1.82, 2.24) is 9.80 Å². The van der Waals surface area contributed by atoms with E-state index < -0.39 is 16.7 Å². The number of amides is 2. The zero-order valence-corrected chi connectivity index (χ0v) is 18.7. The maximum atomic E-state index is 12.8. The lowest BCUT2D eigenvalue weighted by atomic mass is 9.99. The molecule has 0 aromatic heterocycles. The van der Waals surface area contributed by atoms with E-state index in [1.807, 2.05) is 30.3 Å². The highest BCUT2D eigenvalue weighted by molar-refractivity contribution is 7.80. The van der Waals surface area contributed by atoms with Gasteiger partial charge in [0.25, 0.3) is 17.5 Å². The molecule has 0 N–H and O–H groups in total. The Morgan fingerprint density at radius 1 is 1.00 bits per heavy atom. The smallest absolute Gasteiger partial charge is 0.269 e. The van der Waals surface area contributed by atoms with E-state index >= 15 is 0 Å². The summed E-state index contributed by atoms with van der Waals surface area (Å²) in [6.07, 6.45) is 1.52. The summed E-state index contributed by atoms with van der Waals surface area (Å²) in [5.74, 6) is -0.562. The molecule has 0 radical (unpaired) electrons. The van der Waals surface area contributed by atoms with Crippen molar-refractivity contribution in [2.75, 3.05) is 14.1 Å². The van der Waals surface area contributed by atoms with Crippen LogP contribution in [0.4, 0.5) is 5.69 Å². The van der Waals surface area contributed by atoms with Crippen LogP contribution in [0.2, 0.25) is 0 Å². The van der Waals surface area contributed by atoms with Crippen LogP contribution < -0.4 is 4.74 Å². The first kappa shape index (κ1) is 22.1. The van der Waals surface area contributed by atoms with Crippen LogP contribution in [0.15, 0.2) is 66.2 Å². The Balaban J connectivity index is 1.78. The first-order valence-corrected chi connectivity index (χ1v) is 10.4. The number of carbonyl (C=O) groups is 2. The molecule has 9 heteroatoms. The molecule has 1 saturated heterocycles. The molecule has 1 aliphatic rings. The second-order valence-electron chi connectivity index (χ2n) is 7.48. The van der Waals surface area contributed by atoms with Gasteiger partial charge in [0.05, 0.1) is 4.92 Å². The maximum absolute atomic E-state index is 12.8. The van der Waals surface area contributed by atoms with Crippen LogP contribution >= 0.6 is 12.2 Å². The Morgan fingerprint density at radius 3 is 2.39 bits per heavy atom. The van der Waals surface area contributed by atoms with Crippen molar-refractivity contribution in [3.05, 3.63) is 87.5 Å². The fraction of sp³-hybridized carbons (Fsp3) is 0.125. The minimum atomic E-state index is -0.499. The van der Waals surface area contributed by atoms with Crippen LogP contribution in [-0.4, -0.2) is 45.7 Å². The molecule has 0 unspecified atom stereocenters. The number of rotatable bonds is 5. The summed E-state index contributed by atoms with van der Waals surface area (Å²) in [7, 11) is 3.04. The largest absolute Gasteiger partial charge is 0.488 e. The molecular weight excluding hydrogens is 442 g/mol. The molecule has 3 aromatic rings. The lowest BCUT2D eigenvalue weighted by Gasteiger charge is -2.31. The Bertz CT molecular complexity index is 1320. The number of fused-ring (bicyclic) bond motifs is 1. The molecule has 0 bridgehead atoms. The van der Waals surface area contributed by atoms with Crippen molar-refractivity contribution >= 4 is 51.7 Å². The molecule has 3 aromatic carbocycles. The molecule has 4 rings (SSSR count). The number of hydrogen-bond donors (Lipinski definition) is 0. The van der Waals surface area contributed by atoms with Gasteiger partial charge < -0.3 is 4.74 Å². The summed E-state index contributed by atoms with van der Waals surface area (Å²) in [6.45, 7) is 0.0714. The lowest BCUT2D eigenvalue weighted by molar-refractivity contribution is -0.384. The van der Waals surface area contributed by atoms with E-state index in [0.717, 1.165) is 10.8 Å². The summed E-state index contributed by atoms with van der Waals surface area (Å²) < 4.78 is 6.01. The standard InChI is InChI=1S/C24H19N3O5S/c1-25-22(28)20(23(29)26(2)24(25)33)13-19-18-9-4-3-7-16(18)10-11-21(19)32-14-15-6-5-8-17(12-15)27(30)31/h3-13H,14H2,1-2H3. The Kier molecular flexibility index (Phi) is 5.89. The van der Waals surface area contributed by atoms with Crippen molar-refractivity contribution in [2.45, 2.75) is 6.61 Å². The van der Waals surface area contributed by atoms with Gasteiger partial charge in [-0.05, 0) is 40.7 Å². The highest BCUT2D eigenvalue weighted by Crippen LogP contribution is 2.32. The second kappa shape index (κ2) is 8.79. The number of nitro benzene ring substituents is 1. The quantitative estimate of drug-likeness (QED) is 0.188. The van der Waals surface area contributed by atoms with Crippen molar-refractivity contribution in [1.29, 1.82) is 0 Å². The van der Waals surface area contributed by atoms with Crippen molar-refractivity contribution < 1.29 is 19.2 Å². The van der Waals surface area contributed by atoms with Gasteiger partial charge in [-0.2, -0.15) is 0 Å². The number of benzene rings is 3. The third kappa shape index (κ3) is 4.18. The third-order valence-corrected chi connectivity index (χ3v) is 5.93. The first-order chi connectivity index (χ1) is 15.8. The van der Waals surface area contributed by atoms with Crippen LogP contribution in [0.5, 0.6) is 5.75 Å². The number of non-ortho nitro benzene ring substituents is 1. The van der Waals surface area contributed by atoms with Gasteiger partial charge in [0.2, 0.25) is 0 Å². The SMILES string of the molecule is CN1C(=O)C(=Cc2c(OCc3cccc([N+](=O)[O-])c3)ccc3ccccc23)C(=O)N(C)C1=S. The van der Waals surface area contributed by atoms with Gasteiger partial charge in [0, 0.05) is 31.8 Å². The monoisotopic (exact) mass is 461 g/mol. The van der Waals surface area contributed by atoms with Gasteiger partial charge in [0.1, 0.15) is 17.9 Å². The molecular formula is C24H19N3O5S. The summed E-state index contributed by atoms with van der Waals surface area (Å²) in [5.41, 5.74) is 1.11. The minimum absolute atomic E-state index is 0.0302. The summed E-state index contributed by atoms with van der Waals surface area (Å²) in [4.78, 5) is 38.8. The van der Waals surface area contributed by atoms with E-state index in [4.69, 9.17) is 17.0 Å². The van der Waals surface area contributed by atoms with Crippen LogP contribution in [-0.2, 0) is 16.2 Å². The summed E-state index contributed by atoms with van der Waals surface area (Å²) >= 11 is 5.16. The van der Waals surface area contributed by atoms with Crippen molar-refractivity contribution in [3.63, 3.8) is 0 Å². The summed E-state index contributed by atoms with van der Waals surface area (Å²) in [5, 5.41) is 12.9. The molecule has 0 spiro atoms. The molecule has 1 heterocycles. The average Bonchev–Trinajstić information content (AvgIpc) is 2.83. The van der Waals surface area contributed by atoms with E-state index in [9.17, 15) is 19.7 Å². The fourth-order valence-electron chi connectivity index (χ4n) is 3.59. The van der Waals surface area contributed by atoms with E-state index in [0.29, 0.717) is 16.9 Å². The molecule has 2 amide bonds. The van der Waals surface area contributed by atoms with Gasteiger partial charge in [-0.3, -0.25) is 29.5 Å². The fourth-order valence-corrected chi connectivity index (χ4v) is 3.76. The average molecular weight is 461 g/mol. The minimum Gasteiger partial charge on any atom is -0.488 e. The van der Waals surface area contributed by atoms with Crippen LogP contribution in [0, 0.1) is 10.1 Å². The topological polar surface area (TPSA) is 93.0 Å². The summed E-state index contributed by atoms with van der Waals surface area (Å²) in [6, 6.07) is 17.3. The van der Waals surface area contributed by atoms with Crippen molar-refractivity contribution in [3.8, 4) is 5.75 Å². The molecule has 0 saturated carbocycles. The Morgan fingerprint density at radius 2 is 1.70 bits per heavy atom.